The van der Waals surface area contributed by atoms with Crippen molar-refractivity contribution in [3.05, 3.63) is 24.3 Å². The van der Waals surface area contributed by atoms with E-state index in [1.165, 1.54) is 10.1 Å². The van der Waals surface area contributed by atoms with Gasteiger partial charge in [-0.15, -0.1) is 0 Å². The third-order valence-electron chi connectivity index (χ3n) is 2.89. The molecule has 1 aromatic rings. The molecule has 2 unspecified atom stereocenters. The molecule has 1 saturated heterocycles. The molecule has 1 aromatic carbocycles. The van der Waals surface area contributed by atoms with Gasteiger partial charge in [-0.2, -0.15) is 0 Å². The van der Waals surface area contributed by atoms with Gasteiger partial charge in [0, 0.05) is 0 Å². The Morgan fingerprint density at radius 2 is 2.11 bits per heavy atom. The van der Waals surface area contributed by atoms with E-state index >= 15 is 0 Å². The zero-order valence-corrected chi connectivity index (χ0v) is 14.1. The number of carbonyl (C=O) groups is 1. The summed E-state index contributed by atoms with van der Waals surface area (Å²) in [5, 5.41) is 9.33. The van der Waals surface area contributed by atoms with E-state index in [1.807, 2.05) is 12.1 Å². The number of nitrogens with two attached hydrogens (primary N) is 1. The number of hydrogen-bond acceptors (Lipinski definition) is 4. The Morgan fingerprint density at radius 1 is 1.37 bits per heavy atom. The monoisotopic (exact) mass is 359 g/mol. The van der Waals surface area contributed by atoms with Crippen LogP contribution in [0.1, 0.15) is 25.7 Å². The molecule has 0 aromatic heterocycles. The van der Waals surface area contributed by atoms with E-state index in [1.54, 1.807) is 0 Å². The Balaban J connectivity index is 1.74. The van der Waals surface area contributed by atoms with Gasteiger partial charge in [-0.25, -0.2) is 0 Å². The third kappa shape index (κ3) is 4.97. The van der Waals surface area contributed by atoms with Crippen LogP contribution in [0, 0.1) is 0 Å². The van der Waals surface area contributed by atoms with Crippen LogP contribution in [0.4, 0.5) is 5.69 Å². The van der Waals surface area contributed by atoms with Crippen molar-refractivity contribution in [2.45, 2.75) is 30.9 Å². The zero-order valence-electron chi connectivity index (χ0n) is 10.6. The van der Waals surface area contributed by atoms with Crippen LogP contribution in [0.15, 0.2) is 24.3 Å². The Hall–Kier alpha value is -0.252. The van der Waals surface area contributed by atoms with Crippen molar-refractivity contribution in [3.63, 3.8) is 0 Å². The molecule has 1 fully saturated rings. The quantitative estimate of drug-likeness (QED) is 0.464. The number of unbranched alkanes of at least 4 members (excludes halogenated alkanes) is 1. The van der Waals surface area contributed by atoms with Crippen molar-refractivity contribution in [2.75, 3.05) is 11.5 Å². The molecule has 0 radical (unpaired) electrons. The summed E-state index contributed by atoms with van der Waals surface area (Å²) in [5.74, 6) is 0.547. The molecule has 19 heavy (non-hydrogen) atoms. The van der Waals surface area contributed by atoms with E-state index in [0.717, 1.165) is 30.2 Å². The molecule has 3 N–H and O–H groups in total. The van der Waals surface area contributed by atoms with Gasteiger partial charge in [0.1, 0.15) is 0 Å². The van der Waals surface area contributed by atoms with E-state index in [2.05, 4.69) is 32.2 Å². The average molecular weight is 359 g/mol. The fraction of sp³-hybridized carbons (Fsp3) is 0.462. The first kappa shape index (κ1) is 15.1. The topological polar surface area (TPSA) is 63.3 Å². The van der Waals surface area contributed by atoms with E-state index < -0.39 is 18.3 Å². The Morgan fingerprint density at radius 3 is 2.79 bits per heavy atom. The summed E-state index contributed by atoms with van der Waals surface area (Å²) in [6.45, 7) is 0. The van der Waals surface area contributed by atoms with E-state index in [-0.39, 0.29) is 0 Å². The third-order valence-corrected chi connectivity index (χ3v) is 17.0. The predicted octanol–water partition coefficient (Wildman–Crippen LogP) is 2.46. The number of benzene rings is 1. The molecule has 2 rings (SSSR count). The molecule has 104 valence electrons. The number of carboxylic acids is 1. The molecule has 0 saturated carbocycles. The molecule has 1 aliphatic heterocycles. The normalized spacial score (nSPS) is 22.5. The maximum absolute atomic E-state index is 10.4. The molecule has 2 atom stereocenters. The second-order valence-corrected chi connectivity index (χ2v) is 16.1. The van der Waals surface area contributed by atoms with Crippen LogP contribution in [0.25, 0.3) is 0 Å². The first-order valence-electron chi connectivity index (χ1n) is 6.32. The van der Waals surface area contributed by atoms with Gasteiger partial charge in [-0.1, -0.05) is 0 Å². The summed E-state index contributed by atoms with van der Waals surface area (Å²) in [5.41, 5.74) is 6.54. The van der Waals surface area contributed by atoms with Gasteiger partial charge in [-0.3, -0.25) is 0 Å². The molecular weight excluding hydrogens is 341 g/mol. The van der Waals surface area contributed by atoms with Gasteiger partial charge in [0.15, 0.2) is 0 Å². The minimum absolute atomic E-state index is 0.309. The van der Waals surface area contributed by atoms with Gasteiger partial charge in [-0.05, 0) is 0 Å². The summed E-state index contributed by atoms with van der Waals surface area (Å²) < 4.78 is 1.48. The number of hydrogen-bond donors (Lipinski definition) is 2. The van der Waals surface area contributed by atoms with Crippen LogP contribution in [-0.2, 0) is 4.79 Å². The second kappa shape index (κ2) is 7.51. The molecule has 0 spiro atoms. The Labute approximate surface area is 124 Å². The van der Waals surface area contributed by atoms with Crippen molar-refractivity contribution in [2.24, 2.45) is 0 Å². The molecule has 1 heterocycles. The molecule has 0 aliphatic carbocycles. The first-order valence-corrected chi connectivity index (χ1v) is 13.6. The van der Waals surface area contributed by atoms with Crippen molar-refractivity contribution < 1.29 is 9.90 Å². The number of aliphatic carboxylic acids is 1. The number of carboxylic acid groups (broad SMARTS) is 1. The molecule has 3 nitrogen and oxygen atoms in total. The molecule has 1 aliphatic rings. The molecule has 0 amide bonds. The van der Waals surface area contributed by atoms with Crippen LogP contribution in [0.3, 0.4) is 0 Å². The van der Waals surface area contributed by atoms with Gasteiger partial charge < -0.3 is 0 Å². The fourth-order valence-electron chi connectivity index (χ4n) is 1.86. The fourth-order valence-corrected chi connectivity index (χ4v) is 17.8. The standard InChI is InChI=1S/C13H18AsNO2S2/c15-11-7-5-10(6-8-11)14-18-9-12(19-14)3-1-2-4-13(16)17/h5-8,12H,1-4,9,15H2,(H,16,17). The minimum atomic E-state index is -0.999. The van der Waals surface area contributed by atoms with Crippen LogP contribution < -0.4 is 10.1 Å². The first-order chi connectivity index (χ1) is 9.15. The van der Waals surface area contributed by atoms with Crippen molar-refractivity contribution >= 4 is 48.4 Å². The van der Waals surface area contributed by atoms with Crippen molar-refractivity contribution in [3.8, 4) is 0 Å². The van der Waals surface area contributed by atoms with Gasteiger partial charge in [0.25, 0.3) is 0 Å². The number of anilines is 1. The van der Waals surface area contributed by atoms with Gasteiger partial charge >= 0.3 is 125 Å². The van der Waals surface area contributed by atoms with Crippen LogP contribution in [0.2, 0.25) is 0 Å². The predicted molar refractivity (Wildman–Crippen MR) is 86.2 cm³/mol. The number of rotatable bonds is 6. The Kier molecular flexibility index (Phi) is 5.99. The summed E-state index contributed by atoms with van der Waals surface area (Å²) >= 11 is -0.999. The van der Waals surface area contributed by atoms with Crippen molar-refractivity contribution in [1.82, 2.24) is 0 Å². The summed E-state index contributed by atoms with van der Waals surface area (Å²) in [6, 6.07) is 8.32. The maximum atomic E-state index is 10.4. The zero-order chi connectivity index (χ0) is 13.7. The second-order valence-electron chi connectivity index (χ2n) is 4.51. The molecule has 6 heteroatoms. The van der Waals surface area contributed by atoms with Crippen LogP contribution in [0.5, 0.6) is 0 Å². The average Bonchev–Trinajstić information content (AvgIpc) is 2.84. The van der Waals surface area contributed by atoms with E-state index in [0.29, 0.717) is 6.42 Å². The van der Waals surface area contributed by atoms with E-state index in [4.69, 9.17) is 10.8 Å². The summed E-state index contributed by atoms with van der Waals surface area (Å²) in [6.07, 6.45) is 3.32. The molecular formula is C13H18AsNO2S2. The van der Waals surface area contributed by atoms with Crippen LogP contribution >= 0.6 is 20.0 Å². The Bertz CT molecular complexity index is 427. The molecule has 0 bridgehead atoms. The summed E-state index contributed by atoms with van der Waals surface area (Å²) in [7, 11) is 4.27. The van der Waals surface area contributed by atoms with Gasteiger partial charge in [0.05, 0.1) is 0 Å². The van der Waals surface area contributed by atoms with Crippen LogP contribution in [-0.4, -0.2) is 34.4 Å². The SMILES string of the molecule is Nc1ccc([As]2SCC(CCCCC(=O)O)S2)cc1. The van der Waals surface area contributed by atoms with Crippen molar-refractivity contribution in [1.29, 1.82) is 0 Å². The number of nitrogen functional groups attached to an aromatic ring is 1. The van der Waals surface area contributed by atoms with Gasteiger partial charge in [0.2, 0.25) is 0 Å². The summed E-state index contributed by atoms with van der Waals surface area (Å²) in [4.78, 5) is 10.4. The van der Waals surface area contributed by atoms with E-state index in [9.17, 15) is 4.79 Å².